The summed E-state index contributed by atoms with van der Waals surface area (Å²) in [5.74, 6) is 0.533. The molecule has 0 radical (unpaired) electrons. The molecule has 1 aromatic carbocycles. The van der Waals surface area contributed by atoms with Crippen molar-refractivity contribution in [1.29, 1.82) is 0 Å². The smallest absolute Gasteiger partial charge is 0.161 e. The van der Waals surface area contributed by atoms with Gasteiger partial charge in [0.1, 0.15) is 5.75 Å². The number of carbonyl (C=O) groups is 1. The molecule has 4 heteroatoms. The minimum absolute atomic E-state index is 0.0484. The monoisotopic (exact) mass is 262 g/mol. The Bertz CT molecular complexity index is 350. The summed E-state index contributed by atoms with van der Waals surface area (Å²) in [6.45, 7) is 1.48. The minimum atomic E-state index is -0.0484. The van der Waals surface area contributed by atoms with Gasteiger partial charge in [-0.05, 0) is 35.0 Å². The lowest BCUT2D eigenvalue weighted by atomic mass is 10.1. The molecule has 0 N–H and O–H groups in total. The Morgan fingerprint density at radius 2 is 2.15 bits per heavy atom. The van der Waals surface area contributed by atoms with Crippen LogP contribution in [0.25, 0.3) is 0 Å². The summed E-state index contributed by atoms with van der Waals surface area (Å²) in [5, 5.41) is 0.476. The van der Waals surface area contributed by atoms with Crippen LogP contribution in [0.5, 0.6) is 5.75 Å². The largest absolute Gasteiger partial charge is 0.497 e. The molecule has 2 nitrogen and oxygen atoms in total. The van der Waals surface area contributed by atoms with Crippen LogP contribution in [0, 0.1) is 0 Å². The van der Waals surface area contributed by atoms with Crippen LogP contribution in [-0.2, 0) is 0 Å². The lowest BCUT2D eigenvalue weighted by Gasteiger charge is -2.06. The van der Waals surface area contributed by atoms with Crippen molar-refractivity contribution in [1.82, 2.24) is 0 Å². The topological polar surface area (TPSA) is 26.3 Å². The third kappa shape index (κ3) is 2.23. The second-order valence-electron chi connectivity index (χ2n) is 2.53. The number of ketones is 1. The zero-order chi connectivity index (χ0) is 10.0. The highest BCUT2D eigenvalue weighted by Crippen LogP contribution is 2.31. The van der Waals surface area contributed by atoms with E-state index < -0.39 is 0 Å². The first-order valence-electron chi connectivity index (χ1n) is 3.60. The first-order valence-corrected chi connectivity index (χ1v) is 4.77. The van der Waals surface area contributed by atoms with Crippen LogP contribution in [0.1, 0.15) is 17.3 Å². The van der Waals surface area contributed by atoms with E-state index in [-0.39, 0.29) is 5.78 Å². The Morgan fingerprint density at radius 3 is 2.62 bits per heavy atom. The van der Waals surface area contributed by atoms with Crippen LogP contribution in [0.15, 0.2) is 16.6 Å². The Kier molecular flexibility index (Phi) is 3.33. The molecule has 0 unspecified atom stereocenters. The first-order chi connectivity index (χ1) is 6.06. The van der Waals surface area contributed by atoms with Gasteiger partial charge in [0.15, 0.2) is 5.78 Å². The van der Waals surface area contributed by atoms with Crippen molar-refractivity contribution in [3.05, 3.63) is 27.2 Å². The average Bonchev–Trinajstić information content (AvgIpc) is 2.09. The summed E-state index contributed by atoms with van der Waals surface area (Å²) in [6.07, 6.45) is 0. The minimum Gasteiger partial charge on any atom is -0.497 e. The van der Waals surface area contributed by atoms with Gasteiger partial charge in [-0.3, -0.25) is 4.79 Å². The van der Waals surface area contributed by atoms with Gasteiger partial charge in [-0.15, -0.1) is 0 Å². The lowest BCUT2D eigenvalue weighted by Crippen LogP contribution is -1.95. The highest BCUT2D eigenvalue weighted by molar-refractivity contribution is 9.10. The van der Waals surface area contributed by atoms with E-state index in [0.29, 0.717) is 20.8 Å². The molecule has 0 aliphatic rings. The molecular formula is C9H8BrClO2. The van der Waals surface area contributed by atoms with Crippen LogP contribution in [0.4, 0.5) is 0 Å². The molecule has 0 bridgehead atoms. The van der Waals surface area contributed by atoms with Crippen molar-refractivity contribution in [2.24, 2.45) is 0 Å². The van der Waals surface area contributed by atoms with Gasteiger partial charge in [-0.25, -0.2) is 0 Å². The van der Waals surface area contributed by atoms with Gasteiger partial charge in [0.2, 0.25) is 0 Å². The van der Waals surface area contributed by atoms with Gasteiger partial charge in [-0.2, -0.15) is 0 Å². The molecule has 0 saturated carbocycles. The van der Waals surface area contributed by atoms with Crippen LogP contribution in [0.2, 0.25) is 5.02 Å². The third-order valence-corrected chi connectivity index (χ3v) is 3.00. The SMILES string of the molecule is COc1cc(Cl)c(Br)c(C(C)=O)c1. The first kappa shape index (κ1) is 10.5. The van der Waals surface area contributed by atoms with Gasteiger partial charge < -0.3 is 4.74 Å². The molecule has 0 atom stereocenters. The maximum atomic E-state index is 11.1. The van der Waals surface area contributed by atoms with E-state index >= 15 is 0 Å². The van der Waals surface area contributed by atoms with E-state index in [1.54, 1.807) is 12.1 Å². The summed E-state index contributed by atoms with van der Waals surface area (Å²) >= 11 is 9.10. The molecule has 13 heavy (non-hydrogen) atoms. The predicted octanol–water partition coefficient (Wildman–Crippen LogP) is 3.31. The normalized spacial score (nSPS) is 9.85. The van der Waals surface area contributed by atoms with Crippen LogP contribution >= 0.6 is 27.5 Å². The number of methoxy groups -OCH3 is 1. The zero-order valence-electron chi connectivity index (χ0n) is 7.23. The Labute approximate surface area is 90.0 Å². The quantitative estimate of drug-likeness (QED) is 0.765. The summed E-state index contributed by atoms with van der Waals surface area (Å²) in [4.78, 5) is 11.1. The standard InChI is InChI=1S/C9H8BrClO2/c1-5(12)7-3-6(13-2)4-8(11)9(7)10/h3-4H,1-2H3. The van der Waals surface area contributed by atoms with Gasteiger partial charge in [0.05, 0.1) is 12.1 Å². The Morgan fingerprint density at radius 1 is 1.54 bits per heavy atom. The molecule has 0 amide bonds. The molecule has 0 spiro atoms. The van der Waals surface area contributed by atoms with E-state index in [4.69, 9.17) is 16.3 Å². The number of hydrogen-bond acceptors (Lipinski definition) is 2. The zero-order valence-corrected chi connectivity index (χ0v) is 9.57. The van der Waals surface area contributed by atoms with Gasteiger partial charge in [0, 0.05) is 10.0 Å². The highest BCUT2D eigenvalue weighted by atomic mass is 79.9. The number of benzene rings is 1. The van der Waals surface area contributed by atoms with E-state index in [2.05, 4.69) is 15.9 Å². The van der Waals surface area contributed by atoms with Crippen molar-refractivity contribution in [2.45, 2.75) is 6.92 Å². The number of rotatable bonds is 2. The average molecular weight is 264 g/mol. The number of ether oxygens (including phenoxy) is 1. The van der Waals surface area contributed by atoms with Crippen molar-refractivity contribution in [3.8, 4) is 5.75 Å². The molecule has 1 aromatic rings. The Balaban J connectivity index is 3.33. The number of Topliss-reactive ketones (excluding diaryl/α,β-unsaturated/α-hetero) is 1. The maximum Gasteiger partial charge on any atom is 0.161 e. The fraction of sp³-hybridized carbons (Fsp3) is 0.222. The van der Waals surface area contributed by atoms with E-state index in [9.17, 15) is 4.79 Å². The molecule has 0 aliphatic heterocycles. The molecular weight excluding hydrogens is 255 g/mol. The third-order valence-electron chi connectivity index (χ3n) is 1.62. The number of halogens is 2. The van der Waals surface area contributed by atoms with E-state index in [1.807, 2.05) is 0 Å². The van der Waals surface area contributed by atoms with Crippen molar-refractivity contribution >= 4 is 33.3 Å². The highest BCUT2D eigenvalue weighted by Gasteiger charge is 2.10. The Hall–Kier alpha value is -0.540. The second-order valence-corrected chi connectivity index (χ2v) is 3.73. The van der Waals surface area contributed by atoms with Gasteiger partial charge in [0.25, 0.3) is 0 Å². The lowest BCUT2D eigenvalue weighted by molar-refractivity contribution is 0.101. The predicted molar refractivity (Wildman–Crippen MR) is 55.7 cm³/mol. The number of carbonyl (C=O) groups excluding carboxylic acids is 1. The van der Waals surface area contributed by atoms with Gasteiger partial charge >= 0.3 is 0 Å². The fourth-order valence-corrected chi connectivity index (χ4v) is 1.66. The van der Waals surface area contributed by atoms with Crippen molar-refractivity contribution in [2.75, 3.05) is 7.11 Å². The molecule has 0 aliphatic carbocycles. The fourth-order valence-electron chi connectivity index (χ4n) is 0.938. The van der Waals surface area contributed by atoms with Gasteiger partial charge in [-0.1, -0.05) is 11.6 Å². The number of hydrogen-bond donors (Lipinski definition) is 0. The van der Waals surface area contributed by atoms with Crippen molar-refractivity contribution in [3.63, 3.8) is 0 Å². The summed E-state index contributed by atoms with van der Waals surface area (Å²) in [5.41, 5.74) is 0.532. The van der Waals surface area contributed by atoms with Crippen molar-refractivity contribution < 1.29 is 9.53 Å². The van der Waals surface area contributed by atoms with E-state index in [1.165, 1.54) is 14.0 Å². The summed E-state index contributed by atoms with van der Waals surface area (Å²) in [6, 6.07) is 3.30. The summed E-state index contributed by atoms with van der Waals surface area (Å²) < 4.78 is 5.60. The molecule has 0 saturated heterocycles. The maximum absolute atomic E-state index is 11.1. The molecule has 1 rings (SSSR count). The second kappa shape index (κ2) is 4.11. The van der Waals surface area contributed by atoms with Crippen LogP contribution in [-0.4, -0.2) is 12.9 Å². The van der Waals surface area contributed by atoms with E-state index in [0.717, 1.165) is 0 Å². The molecule has 0 heterocycles. The summed E-state index contributed by atoms with van der Waals surface area (Å²) in [7, 11) is 1.53. The molecule has 0 aromatic heterocycles. The van der Waals surface area contributed by atoms with Crippen LogP contribution < -0.4 is 4.74 Å². The molecule has 70 valence electrons. The van der Waals surface area contributed by atoms with Crippen LogP contribution in [0.3, 0.4) is 0 Å². The molecule has 0 fully saturated rings.